The van der Waals surface area contributed by atoms with Gasteiger partial charge in [-0.1, -0.05) is 51.0 Å². The Morgan fingerprint density at radius 2 is 0.883 bits per heavy atom. The molecule has 14 bridgehead atoms. The molecule has 1 aromatic heterocycles. The minimum atomic E-state index is -2.31. The molecule has 49 nitrogen and oxygen atoms in total. The van der Waals surface area contributed by atoms with Crippen LogP contribution < -0.4 is 11.1 Å². The lowest BCUT2D eigenvalue weighted by atomic mass is 9.73. The topological polar surface area (TPSA) is 772 Å². The van der Waals surface area contributed by atoms with E-state index < -0.39 is 319 Å². The minimum absolute atomic E-state index is 0.0656. The zero-order chi connectivity index (χ0) is 107. The van der Waals surface area contributed by atoms with Gasteiger partial charge in [0.15, 0.2) is 44.0 Å². The maximum absolute atomic E-state index is 13.8. The van der Waals surface area contributed by atoms with Gasteiger partial charge in [0.1, 0.15) is 182 Å². The zero-order valence-electron chi connectivity index (χ0n) is 82.2. The summed E-state index contributed by atoms with van der Waals surface area (Å²) < 4.78 is 99.3. The number of nitrogens with two attached hydrogens (primary N) is 1. The molecule has 1 aromatic rings. The Labute approximate surface area is 850 Å². The van der Waals surface area contributed by atoms with E-state index in [0.29, 0.717) is 25.8 Å². The van der Waals surface area contributed by atoms with E-state index in [1.54, 1.807) is 39.0 Å². The van der Waals surface area contributed by atoms with Gasteiger partial charge in [-0.3, -0.25) is 33.6 Å². The Hall–Kier alpha value is -5.04. The first kappa shape index (κ1) is 123. The lowest BCUT2D eigenvalue weighted by Gasteiger charge is -2.50. The number of unbranched alkanes of at least 4 members (excludes halogenated alkanes) is 2. The highest BCUT2D eigenvalue weighted by Crippen LogP contribution is 2.42. The SMILES string of the molecule is C/C1=C/C[C@@H](/C(C)=C/c2csc(C)n2)NC(=O)C[C@H](OC(=O)CCCCCN)C(C)(C)C(=O)[C@H](C)[C@@H](O)[C@@H](C)/C=C\C1.CCC(CSCC1O[C@@H]2O[C@@H]3C(CO)O[C@H](O[C@@H]4C(CO)O[C@H](O[C@@H]5C(CO)O[C@H](O[C@@H]6C(CSCC(CC(=O)CCOCCOCCC(C)=O)C(=O)O)O[C@H](O[C@@H]7C(CO)O[C@H](O[C@@H]8C(CO)O[C@H](O[C@H]1[C@H](O)C2O)C(O)[C@H]8O)C(O)[C@H]7O)C(O)[C@H]6O)C(O)[C@H]5O)C(O)[C@H]4O)C(O)[C@H]3O)C(=O)O. The smallest absolute Gasteiger partial charge is 0.307 e. The number of thiazole rings is 1. The van der Waals surface area contributed by atoms with Crippen LogP contribution >= 0.6 is 34.9 Å². The van der Waals surface area contributed by atoms with Gasteiger partial charge >= 0.3 is 17.9 Å². The molecule has 145 heavy (non-hydrogen) atoms. The average Bonchev–Trinajstić information content (AvgIpc) is 1.35. The molecule has 23 rings (SSSR count). The van der Waals surface area contributed by atoms with Crippen molar-refractivity contribution in [3.8, 4) is 0 Å². The molecule has 22 aliphatic heterocycles. The van der Waals surface area contributed by atoms with E-state index in [9.17, 15) is 146 Å². The number of ketones is 3. The second kappa shape index (κ2) is 58.9. The Morgan fingerprint density at radius 1 is 0.510 bits per heavy atom. The molecule has 23 heterocycles. The van der Waals surface area contributed by atoms with Crippen LogP contribution in [0.4, 0.5) is 0 Å². The summed E-state index contributed by atoms with van der Waals surface area (Å²) in [5.41, 5.74) is 7.28. The number of aryl methyl sites for hydroxylation is 1. The molecule has 0 aliphatic carbocycles. The number of allylic oxidation sites excluding steroid dienone is 2. The minimum Gasteiger partial charge on any atom is -0.481 e. The van der Waals surface area contributed by atoms with E-state index in [0.717, 1.165) is 58.2 Å². The van der Waals surface area contributed by atoms with Gasteiger partial charge in [-0.2, -0.15) is 23.5 Å². The Bertz CT molecular complexity index is 4250. The van der Waals surface area contributed by atoms with Gasteiger partial charge in [-0.25, -0.2) is 4.98 Å². The number of hydrogen-bond acceptors (Lipinski definition) is 49. The van der Waals surface area contributed by atoms with E-state index in [1.165, 1.54) is 6.92 Å². The molecule has 22 aliphatic rings. The normalized spacial score (nSPS) is 40.1. The summed E-state index contributed by atoms with van der Waals surface area (Å²) in [4.78, 5) is 93.6. The predicted octanol–water partition coefficient (Wildman–Crippen LogP) is -5.89. The fourth-order valence-electron chi connectivity index (χ4n) is 17.9. The highest BCUT2D eigenvalue weighted by molar-refractivity contribution is 7.99. The van der Waals surface area contributed by atoms with Gasteiger partial charge in [0.2, 0.25) is 5.91 Å². The van der Waals surface area contributed by atoms with Crippen LogP contribution in [-0.4, -0.2) is 481 Å². The largest absolute Gasteiger partial charge is 0.481 e. The number of thioether (sulfide) groups is 2. The molecule has 21 saturated heterocycles. The van der Waals surface area contributed by atoms with Crippen LogP contribution in [0, 0.1) is 36.0 Å². The van der Waals surface area contributed by atoms with Crippen molar-refractivity contribution in [2.24, 2.45) is 34.8 Å². The number of carboxylic acid groups (broad SMARTS) is 2. The number of aliphatic hydroxyl groups excluding tert-OH is 20. The van der Waals surface area contributed by atoms with E-state index in [4.69, 9.17) is 86.3 Å². The quantitative estimate of drug-likeness (QED) is 0.0171. The molecule has 0 radical (unpaired) electrons. The van der Waals surface area contributed by atoms with Crippen molar-refractivity contribution in [2.75, 3.05) is 89.0 Å². The van der Waals surface area contributed by atoms with Gasteiger partial charge in [-0.15, -0.1) is 11.3 Å². The van der Waals surface area contributed by atoms with E-state index >= 15 is 0 Å². The molecule has 42 atom stereocenters. The second-order valence-electron chi connectivity index (χ2n) is 38.2. The first-order valence-corrected chi connectivity index (χ1v) is 51.8. The number of aromatic nitrogens is 1. The van der Waals surface area contributed by atoms with Crippen molar-refractivity contribution in [3.63, 3.8) is 0 Å². The average molecular weight is 2140 g/mol. The standard InChI is InChI=1S/C60H98O41S2.C33H51N3O5S/c1-3-21(52(82)83)16-102-18-29-50-36(73)43(80)59(93-29)98-48-27(14-64)89-55(39(76)32(48)69)95-45-24(11-61)88-54(38(75)31(45)68)96-46-26(13-63)92-58(42(79)35(46)72)101-51-30(19-103-17-22(53(84)85)10-23(67)5-7-87-9-8-86-6-4-20(2)66)94-60(44(81)37(51)74)99-49-28(15-65)90-56(40(77)33(49)70)97-47-25(12-62)91-57(100-50)41(78)34(47)71;1-21-12-11-13-22(2)31(39)24(4)32(40)33(6,7)28(41-30(38)14-9-8-10-17-34)19-29(37)36-27(16-15-21)23(3)18-26-20-42-25(5)35-26/h21-22,24-51,54-65,68-81H,3-19H2,1-2H3,(H,82,83)(H,84,85);11,13,15,18,20,22,24,27-28,31,39H,8-10,12,14,16-17,19,34H2,1-7H3,(H,36,37)/b;13-11-,21-15-,23-18+/t21?,22?,24?,25?,26?,27?,28?,29?,30?,31-,32-,33-,34-,35-,36-,37-,38?,39?,40?,41?,42?,43?,44?,45-,46-,47-,48-,49-,50-,51-,54-,55-,56-,57-,58-,59-,60-;22-,24+,27-,28-,31-/m10/s1. The second-order valence-corrected chi connectivity index (χ2v) is 41.4. The number of ether oxygens (including phenoxy) is 17. The van der Waals surface area contributed by atoms with Gasteiger partial charge < -0.3 is 204 Å². The third kappa shape index (κ3) is 33.3. The summed E-state index contributed by atoms with van der Waals surface area (Å²) in [6, 6.07) is -0.308. The van der Waals surface area contributed by atoms with Crippen LogP contribution in [0.15, 0.2) is 34.8 Å². The highest BCUT2D eigenvalue weighted by Gasteiger charge is 2.61. The summed E-state index contributed by atoms with van der Waals surface area (Å²) in [6.45, 7) is 11.2. The molecule has 52 heteroatoms. The predicted molar refractivity (Wildman–Crippen MR) is 502 cm³/mol. The molecule has 0 spiro atoms. The van der Waals surface area contributed by atoms with E-state index in [-0.39, 0.29) is 105 Å². The summed E-state index contributed by atoms with van der Waals surface area (Å²) in [7, 11) is 0. The van der Waals surface area contributed by atoms with Crippen molar-refractivity contribution >= 4 is 82.1 Å². The number of nitrogens with zero attached hydrogens (tertiary/aromatic N) is 1. The van der Waals surface area contributed by atoms with E-state index in [1.807, 2.05) is 51.3 Å². The third-order valence-electron chi connectivity index (χ3n) is 26.9. The molecule has 830 valence electrons. The van der Waals surface area contributed by atoms with Crippen molar-refractivity contribution in [2.45, 2.75) is 366 Å². The van der Waals surface area contributed by atoms with Crippen LogP contribution in [0.1, 0.15) is 137 Å². The van der Waals surface area contributed by atoms with Crippen LogP contribution in [0.3, 0.4) is 0 Å². The summed E-state index contributed by atoms with van der Waals surface area (Å²) in [5, 5.41) is 254. The number of amides is 1. The first-order chi connectivity index (χ1) is 68.8. The third-order valence-corrected chi connectivity index (χ3v) is 30.1. The summed E-state index contributed by atoms with van der Waals surface area (Å²) >= 11 is 3.29. The lowest BCUT2D eigenvalue weighted by molar-refractivity contribution is -0.395. The molecule has 0 aromatic carbocycles. The summed E-state index contributed by atoms with van der Waals surface area (Å²) in [5.74, 6) is -8.74. The van der Waals surface area contributed by atoms with Crippen molar-refractivity contribution in [3.05, 3.63) is 45.5 Å². The van der Waals surface area contributed by atoms with Gasteiger partial charge in [0.25, 0.3) is 0 Å². The molecular formula is C93H149N3O46S3. The summed E-state index contributed by atoms with van der Waals surface area (Å²) in [6.07, 6.45) is -63.1. The Kier molecular flexibility index (Phi) is 50.1. The van der Waals surface area contributed by atoms with Gasteiger partial charge in [-0.05, 0) is 91.8 Å². The van der Waals surface area contributed by atoms with Gasteiger partial charge in [0.05, 0.1) is 118 Å². The number of hydrogen-bond donors (Lipinski definition) is 24. The number of Topliss-reactive ketones (excluding diaryl/α,β-unsaturated/α-hetero) is 3. The molecule has 1 amide bonds. The van der Waals surface area contributed by atoms with Crippen molar-refractivity contribution in [1.29, 1.82) is 0 Å². The molecular weight excluding hydrogens is 1990 g/mol. The van der Waals surface area contributed by atoms with Gasteiger partial charge in [0, 0.05) is 65.9 Å². The first-order valence-electron chi connectivity index (χ1n) is 48.6. The highest BCUT2D eigenvalue weighted by atomic mass is 32.2. The number of carbonyl (C=O) groups is 7. The van der Waals surface area contributed by atoms with Crippen LogP contribution in [-0.2, 0) is 114 Å². The number of esters is 1. The number of aliphatic hydroxyl groups is 20. The molecule has 0 saturated carbocycles. The number of carbonyl (C=O) groups excluding carboxylic acids is 5. The fraction of sp³-hybridized carbons (Fsp3) is 0.828. The molecule has 25 N–H and O–H groups in total. The Morgan fingerprint density at radius 3 is 1.23 bits per heavy atom. The molecule has 16 unspecified atom stereocenters. The number of aliphatic carboxylic acids is 2. The number of carboxylic acids is 2. The number of nitrogens with one attached hydrogen (secondary N) is 1. The monoisotopic (exact) mass is 2140 g/mol. The number of rotatable bonds is 35. The molecule has 21 fully saturated rings. The van der Waals surface area contributed by atoms with Crippen LogP contribution in [0.2, 0.25) is 0 Å². The van der Waals surface area contributed by atoms with Crippen LogP contribution in [0.5, 0.6) is 0 Å². The van der Waals surface area contributed by atoms with E-state index in [2.05, 4.69) is 16.4 Å². The fourth-order valence-corrected chi connectivity index (χ4v) is 20.9. The maximum Gasteiger partial charge on any atom is 0.307 e. The van der Waals surface area contributed by atoms with Crippen molar-refractivity contribution in [1.82, 2.24) is 10.3 Å². The van der Waals surface area contributed by atoms with Crippen molar-refractivity contribution < 1.29 is 226 Å². The lowest BCUT2D eigenvalue weighted by Crippen LogP contribution is -2.68. The maximum atomic E-state index is 13.8. The Balaban J connectivity index is 0.000000465. The zero-order valence-corrected chi connectivity index (χ0v) is 84.6. The van der Waals surface area contributed by atoms with Crippen LogP contribution in [0.25, 0.3) is 6.08 Å².